The third-order valence-electron chi connectivity index (χ3n) is 6.02. The van der Waals surface area contributed by atoms with Gasteiger partial charge in [0.15, 0.2) is 0 Å². The van der Waals surface area contributed by atoms with Crippen LogP contribution in [0.5, 0.6) is 0 Å². The van der Waals surface area contributed by atoms with Gasteiger partial charge in [0.05, 0.1) is 0 Å². The Morgan fingerprint density at radius 3 is 2.84 bits per heavy atom. The summed E-state index contributed by atoms with van der Waals surface area (Å²) >= 11 is 0. The number of rotatable bonds is 4. The normalized spacial score (nSPS) is 18.9. The molecule has 2 heterocycles. The van der Waals surface area contributed by atoms with E-state index in [9.17, 15) is 13.6 Å². The number of amides is 1. The van der Waals surface area contributed by atoms with Crippen LogP contribution in [0, 0.1) is 5.92 Å². The predicted octanol–water partition coefficient (Wildman–Crippen LogP) is 4.84. The Bertz CT molecular complexity index is 1080. The van der Waals surface area contributed by atoms with Crippen LogP contribution in [0.4, 0.5) is 25.8 Å². The lowest BCUT2D eigenvalue weighted by atomic mass is 9.89. The summed E-state index contributed by atoms with van der Waals surface area (Å²) in [7, 11) is 1.59. The molecule has 0 spiro atoms. The highest BCUT2D eigenvalue weighted by Gasteiger charge is 2.29. The topological polar surface area (TPSA) is 70.7 Å². The second kappa shape index (κ2) is 8.49. The Kier molecular flexibility index (Phi) is 5.76. The molecule has 0 saturated carbocycles. The van der Waals surface area contributed by atoms with E-state index in [2.05, 4.69) is 15.2 Å². The summed E-state index contributed by atoms with van der Waals surface area (Å²) < 4.78 is 28.1. The monoisotopic (exact) mass is 424 g/mol. The van der Waals surface area contributed by atoms with Gasteiger partial charge in [-0.25, -0.2) is 8.78 Å². The Balaban J connectivity index is 1.86. The molecule has 2 aliphatic rings. The first kappa shape index (κ1) is 21.0. The summed E-state index contributed by atoms with van der Waals surface area (Å²) in [5, 5.41) is 2.97. The molecule has 31 heavy (non-hydrogen) atoms. The molecule has 1 amide bonds. The third-order valence-corrected chi connectivity index (χ3v) is 6.02. The molecule has 7 heteroatoms. The van der Waals surface area contributed by atoms with Crippen LogP contribution in [0.25, 0.3) is 5.57 Å². The van der Waals surface area contributed by atoms with E-state index < -0.39 is 6.43 Å². The van der Waals surface area contributed by atoms with E-state index in [0.717, 1.165) is 47.6 Å². The maximum absolute atomic E-state index is 14.1. The lowest BCUT2D eigenvalue weighted by Crippen LogP contribution is -2.31. The van der Waals surface area contributed by atoms with E-state index in [0.29, 0.717) is 17.6 Å². The van der Waals surface area contributed by atoms with Crippen LogP contribution in [-0.2, 0) is 17.6 Å². The Labute approximate surface area is 180 Å². The first-order valence-corrected chi connectivity index (χ1v) is 10.4. The fourth-order valence-electron chi connectivity index (χ4n) is 4.49. The van der Waals surface area contributed by atoms with Gasteiger partial charge >= 0.3 is 0 Å². The second-order valence-corrected chi connectivity index (χ2v) is 8.03. The molecule has 162 valence electrons. The maximum Gasteiger partial charge on any atom is 0.264 e. The average Bonchev–Trinajstić information content (AvgIpc) is 2.76. The number of carbonyl (C=O) groups is 1. The number of nitrogens with zero attached hydrogens (tertiary/aromatic N) is 2. The molecule has 3 N–H and O–H groups in total. The molecule has 0 bridgehead atoms. The highest BCUT2D eigenvalue weighted by molar-refractivity contribution is 6.10. The number of aryl methyl sites for hydroxylation is 1. The van der Waals surface area contributed by atoms with E-state index in [4.69, 9.17) is 5.73 Å². The molecular weight excluding hydrogens is 398 g/mol. The summed E-state index contributed by atoms with van der Waals surface area (Å²) in [6.07, 6.45) is 2.50. The number of nitrogens with two attached hydrogens (primary N) is 1. The van der Waals surface area contributed by atoms with E-state index in [-0.39, 0.29) is 17.4 Å². The van der Waals surface area contributed by atoms with Crippen molar-refractivity contribution in [1.29, 1.82) is 0 Å². The van der Waals surface area contributed by atoms with Gasteiger partial charge in [-0.2, -0.15) is 0 Å². The zero-order chi connectivity index (χ0) is 22.1. The van der Waals surface area contributed by atoms with Gasteiger partial charge in [-0.3, -0.25) is 9.79 Å². The summed E-state index contributed by atoms with van der Waals surface area (Å²) in [5.41, 5.74) is 11.1. The summed E-state index contributed by atoms with van der Waals surface area (Å²) in [6, 6.07) is 9.20. The quantitative estimate of drug-likeness (QED) is 0.690. The van der Waals surface area contributed by atoms with Crippen molar-refractivity contribution in [3.63, 3.8) is 0 Å². The summed E-state index contributed by atoms with van der Waals surface area (Å²) in [6.45, 7) is 2.63. The van der Waals surface area contributed by atoms with Gasteiger partial charge in [0.2, 0.25) is 5.91 Å². The van der Waals surface area contributed by atoms with Crippen molar-refractivity contribution in [2.24, 2.45) is 16.6 Å². The zero-order valence-electron chi connectivity index (χ0n) is 17.7. The molecule has 2 aromatic rings. The molecule has 2 aromatic carbocycles. The van der Waals surface area contributed by atoms with Crippen LogP contribution < -0.4 is 16.0 Å². The van der Waals surface area contributed by atoms with Crippen molar-refractivity contribution in [2.45, 2.75) is 32.6 Å². The van der Waals surface area contributed by atoms with Crippen LogP contribution in [0.2, 0.25) is 0 Å². The fourth-order valence-corrected chi connectivity index (χ4v) is 4.49. The van der Waals surface area contributed by atoms with Crippen molar-refractivity contribution in [3.8, 4) is 0 Å². The van der Waals surface area contributed by atoms with Gasteiger partial charge in [0.25, 0.3) is 6.43 Å². The molecule has 0 fully saturated rings. The van der Waals surface area contributed by atoms with Crippen molar-refractivity contribution in [3.05, 3.63) is 58.8 Å². The minimum absolute atomic E-state index is 0.00649. The van der Waals surface area contributed by atoms with Gasteiger partial charge in [-0.1, -0.05) is 13.0 Å². The lowest BCUT2D eigenvalue weighted by Gasteiger charge is -2.36. The molecule has 0 aliphatic carbocycles. The van der Waals surface area contributed by atoms with Crippen LogP contribution in [0.1, 0.15) is 42.0 Å². The van der Waals surface area contributed by atoms with Crippen molar-refractivity contribution < 1.29 is 13.6 Å². The number of alkyl halides is 2. The molecule has 0 unspecified atom stereocenters. The van der Waals surface area contributed by atoms with E-state index in [1.807, 2.05) is 31.2 Å². The van der Waals surface area contributed by atoms with Gasteiger partial charge in [-0.15, -0.1) is 0 Å². The number of hydrogen-bond donors (Lipinski definition) is 2. The Morgan fingerprint density at radius 2 is 2.13 bits per heavy atom. The van der Waals surface area contributed by atoms with Gasteiger partial charge < -0.3 is 16.0 Å². The van der Waals surface area contributed by atoms with Crippen LogP contribution in [-0.4, -0.2) is 25.7 Å². The number of nitrogens with one attached hydrogen (secondary N) is 1. The number of halogens is 2. The van der Waals surface area contributed by atoms with E-state index in [1.54, 1.807) is 13.1 Å². The average molecular weight is 424 g/mol. The molecule has 5 nitrogen and oxygen atoms in total. The van der Waals surface area contributed by atoms with Crippen molar-refractivity contribution >= 4 is 34.8 Å². The largest absolute Gasteiger partial charge is 0.404 e. The Hall–Kier alpha value is -3.22. The number of aliphatic imine (C=N–C) groups is 1. The first-order chi connectivity index (χ1) is 14.9. The predicted molar refractivity (Wildman–Crippen MR) is 121 cm³/mol. The third kappa shape index (κ3) is 3.80. The number of carbonyl (C=O) groups excluding carboxylic acids is 1. The van der Waals surface area contributed by atoms with Crippen molar-refractivity contribution in [1.82, 2.24) is 0 Å². The maximum atomic E-state index is 14.1. The summed E-state index contributed by atoms with van der Waals surface area (Å²) in [5.74, 6) is -0.130. The lowest BCUT2D eigenvalue weighted by molar-refractivity contribution is -0.119. The zero-order valence-corrected chi connectivity index (χ0v) is 17.7. The van der Waals surface area contributed by atoms with Crippen LogP contribution in [0.15, 0.2) is 41.5 Å². The first-order valence-electron chi connectivity index (χ1n) is 10.4. The van der Waals surface area contributed by atoms with Crippen LogP contribution in [0.3, 0.4) is 0 Å². The number of allylic oxidation sites excluding steroid dienone is 1. The number of hydrogen-bond acceptors (Lipinski definition) is 4. The molecule has 2 aliphatic heterocycles. The smallest absolute Gasteiger partial charge is 0.264 e. The SMILES string of the molecule is CN=CC(=CN)c1cc2c(cc1C(F)F)N(c1cccc3c1C[C@H](C)C(=O)N3)CCC2. The summed E-state index contributed by atoms with van der Waals surface area (Å²) in [4.78, 5) is 18.2. The van der Waals surface area contributed by atoms with Gasteiger partial charge in [0, 0.05) is 65.7 Å². The van der Waals surface area contributed by atoms with Gasteiger partial charge in [-0.05, 0) is 54.7 Å². The second-order valence-electron chi connectivity index (χ2n) is 8.03. The molecule has 0 saturated heterocycles. The standard InChI is InChI=1S/C24H26F2N4O/c1-14-9-19-20(29-24(14)31)6-3-7-21(19)30-8-4-5-15-10-17(16(12-27)13-28-2)18(23(25)26)11-22(15)30/h3,6-7,10-14,23H,4-5,8-9,27H2,1-2H3,(H,29,31)/t14-/m0/s1. The minimum Gasteiger partial charge on any atom is -0.404 e. The highest BCUT2D eigenvalue weighted by atomic mass is 19.3. The molecular formula is C24H26F2N4O. The van der Waals surface area contributed by atoms with Gasteiger partial charge in [0.1, 0.15) is 0 Å². The molecule has 0 aromatic heterocycles. The molecule has 4 rings (SSSR count). The minimum atomic E-state index is -2.65. The number of fused-ring (bicyclic) bond motifs is 2. The molecule has 1 atom stereocenters. The number of anilines is 3. The Morgan fingerprint density at radius 1 is 1.32 bits per heavy atom. The van der Waals surface area contributed by atoms with Crippen molar-refractivity contribution in [2.75, 3.05) is 23.8 Å². The van der Waals surface area contributed by atoms with Crippen LogP contribution >= 0.6 is 0 Å². The van der Waals surface area contributed by atoms with E-state index in [1.165, 1.54) is 12.4 Å². The van der Waals surface area contributed by atoms with E-state index >= 15 is 0 Å². The number of benzene rings is 2. The molecule has 0 radical (unpaired) electrons. The highest BCUT2D eigenvalue weighted by Crippen LogP contribution is 2.43. The fraction of sp³-hybridized carbons (Fsp3) is 0.333.